The van der Waals surface area contributed by atoms with Crippen LogP contribution < -0.4 is 15.0 Å². The molecular formula is C25H29F3N4O7. The summed E-state index contributed by atoms with van der Waals surface area (Å²) in [5.41, 5.74) is -2.85. The number of nitrogens with one attached hydrogen (secondary N) is 1. The maximum absolute atomic E-state index is 13.6. The Bertz CT molecular complexity index is 1340. The Morgan fingerprint density at radius 3 is 2.33 bits per heavy atom. The molecule has 1 saturated carbocycles. The molecule has 2 heterocycles. The second-order valence-electron chi connectivity index (χ2n) is 10.5. The molecule has 39 heavy (non-hydrogen) atoms. The minimum atomic E-state index is -5.20. The molecule has 212 valence electrons. The SMILES string of the molecule is COc1cc2nc[nH]c(=O)c2cc1O[C@H]1CC[C@]2(CC1)C(=O)N(C(=O)OC(C)(C)C)CCN2C(=O)C(F)(F)F. The highest BCUT2D eigenvalue weighted by Gasteiger charge is 2.59. The van der Waals surface area contributed by atoms with Gasteiger partial charge in [-0.25, -0.2) is 14.7 Å². The first-order valence-electron chi connectivity index (χ1n) is 12.3. The van der Waals surface area contributed by atoms with Crippen molar-refractivity contribution in [2.24, 2.45) is 0 Å². The number of H-pyrrole nitrogens is 1. The van der Waals surface area contributed by atoms with Crippen molar-refractivity contribution in [2.45, 2.75) is 69.9 Å². The average molecular weight is 555 g/mol. The summed E-state index contributed by atoms with van der Waals surface area (Å²) in [5.74, 6) is -2.54. The number of aromatic nitrogens is 2. The third kappa shape index (κ3) is 5.50. The van der Waals surface area contributed by atoms with E-state index in [2.05, 4.69) is 9.97 Å². The second kappa shape index (κ2) is 10.0. The minimum absolute atomic E-state index is 0.0835. The lowest BCUT2D eigenvalue weighted by atomic mass is 9.76. The predicted octanol–water partition coefficient (Wildman–Crippen LogP) is 3.16. The zero-order valence-corrected chi connectivity index (χ0v) is 21.9. The Hall–Kier alpha value is -3.84. The lowest BCUT2D eigenvalue weighted by Crippen LogP contribution is -2.71. The van der Waals surface area contributed by atoms with Crippen LogP contribution in [-0.4, -0.2) is 81.3 Å². The minimum Gasteiger partial charge on any atom is -0.493 e. The van der Waals surface area contributed by atoms with Gasteiger partial charge in [-0.3, -0.25) is 14.4 Å². The van der Waals surface area contributed by atoms with Crippen molar-refractivity contribution in [2.75, 3.05) is 20.2 Å². The number of carbonyl (C=O) groups is 3. The summed E-state index contributed by atoms with van der Waals surface area (Å²) in [5, 5.41) is 0.248. The number of alkyl halides is 3. The van der Waals surface area contributed by atoms with Crippen LogP contribution in [0, 0.1) is 0 Å². The summed E-state index contributed by atoms with van der Waals surface area (Å²) in [6.45, 7) is 3.89. The first kappa shape index (κ1) is 28.2. The van der Waals surface area contributed by atoms with Crippen LogP contribution in [0.4, 0.5) is 18.0 Å². The molecule has 0 atom stereocenters. The molecule has 3 amide bonds. The van der Waals surface area contributed by atoms with Crippen molar-refractivity contribution in [1.82, 2.24) is 19.8 Å². The lowest BCUT2D eigenvalue weighted by molar-refractivity contribution is -0.199. The molecule has 11 nitrogen and oxygen atoms in total. The maximum atomic E-state index is 13.6. The Kier molecular flexibility index (Phi) is 7.25. The van der Waals surface area contributed by atoms with E-state index in [1.165, 1.54) is 25.6 Å². The molecule has 1 N–H and O–H groups in total. The fraction of sp³-hybridized carbons (Fsp3) is 0.560. The normalized spacial score (nSPS) is 22.2. The Morgan fingerprint density at radius 1 is 1.08 bits per heavy atom. The van der Waals surface area contributed by atoms with Crippen LogP contribution >= 0.6 is 0 Å². The molecule has 4 rings (SSSR count). The van der Waals surface area contributed by atoms with E-state index >= 15 is 0 Å². The highest BCUT2D eigenvalue weighted by atomic mass is 19.4. The van der Waals surface area contributed by atoms with Crippen LogP contribution in [0.1, 0.15) is 46.5 Å². The van der Waals surface area contributed by atoms with Gasteiger partial charge in [0.1, 0.15) is 11.1 Å². The summed E-state index contributed by atoms with van der Waals surface area (Å²) in [4.78, 5) is 58.8. The van der Waals surface area contributed by atoms with E-state index in [1.54, 1.807) is 20.8 Å². The molecule has 1 aliphatic heterocycles. The molecule has 0 bridgehead atoms. The summed E-state index contributed by atoms with van der Waals surface area (Å²) in [6.07, 6.45) is -5.71. The molecule has 2 fully saturated rings. The fourth-order valence-electron chi connectivity index (χ4n) is 5.00. The highest BCUT2D eigenvalue weighted by Crippen LogP contribution is 2.42. The van der Waals surface area contributed by atoms with Crippen molar-refractivity contribution < 1.29 is 41.8 Å². The molecule has 1 spiro atoms. The monoisotopic (exact) mass is 554 g/mol. The van der Waals surface area contributed by atoms with E-state index in [0.29, 0.717) is 16.2 Å². The van der Waals surface area contributed by atoms with Crippen molar-refractivity contribution in [3.63, 3.8) is 0 Å². The topological polar surface area (TPSA) is 131 Å². The van der Waals surface area contributed by atoms with E-state index in [0.717, 1.165) is 4.90 Å². The number of carbonyl (C=O) groups excluding carboxylic acids is 3. The summed E-state index contributed by atoms with van der Waals surface area (Å²) in [7, 11) is 1.41. The first-order valence-corrected chi connectivity index (χ1v) is 12.3. The fourth-order valence-corrected chi connectivity index (χ4v) is 5.00. The summed E-state index contributed by atoms with van der Waals surface area (Å²) >= 11 is 0. The van der Waals surface area contributed by atoms with Gasteiger partial charge in [0.25, 0.3) is 11.5 Å². The molecule has 0 unspecified atom stereocenters. The highest BCUT2D eigenvalue weighted by molar-refractivity contribution is 6.01. The number of hydrogen-bond acceptors (Lipinski definition) is 8. The van der Waals surface area contributed by atoms with Gasteiger partial charge in [0.05, 0.1) is 30.4 Å². The quantitative estimate of drug-likeness (QED) is 0.612. The van der Waals surface area contributed by atoms with Crippen LogP contribution in [0.5, 0.6) is 11.5 Å². The third-order valence-electron chi connectivity index (χ3n) is 6.79. The van der Waals surface area contributed by atoms with Crippen LogP contribution in [0.3, 0.4) is 0 Å². The number of nitrogens with zero attached hydrogens (tertiary/aromatic N) is 3. The van der Waals surface area contributed by atoms with Gasteiger partial charge in [0.15, 0.2) is 11.5 Å². The second-order valence-corrected chi connectivity index (χ2v) is 10.5. The molecule has 1 saturated heterocycles. The van der Waals surface area contributed by atoms with E-state index in [-0.39, 0.29) is 36.8 Å². The molecule has 1 aromatic carbocycles. The Balaban J connectivity index is 1.60. The number of hydrogen-bond donors (Lipinski definition) is 1. The number of imide groups is 1. The number of amides is 3. The average Bonchev–Trinajstić information content (AvgIpc) is 2.85. The van der Waals surface area contributed by atoms with Gasteiger partial charge >= 0.3 is 18.2 Å². The van der Waals surface area contributed by atoms with Gasteiger partial charge in [-0.15, -0.1) is 0 Å². The van der Waals surface area contributed by atoms with Crippen LogP contribution in [0.25, 0.3) is 10.9 Å². The first-order chi connectivity index (χ1) is 18.2. The molecular weight excluding hydrogens is 525 g/mol. The number of methoxy groups -OCH3 is 1. The molecule has 2 aliphatic rings. The molecule has 1 aliphatic carbocycles. The van der Waals surface area contributed by atoms with Gasteiger partial charge in [-0.2, -0.15) is 13.2 Å². The molecule has 0 radical (unpaired) electrons. The van der Waals surface area contributed by atoms with Crippen molar-refractivity contribution >= 4 is 28.8 Å². The Labute approximate surface area is 221 Å². The van der Waals surface area contributed by atoms with Crippen LogP contribution in [0.2, 0.25) is 0 Å². The van der Waals surface area contributed by atoms with E-state index in [1.807, 2.05) is 0 Å². The van der Waals surface area contributed by atoms with E-state index in [4.69, 9.17) is 14.2 Å². The van der Waals surface area contributed by atoms with Gasteiger partial charge in [0, 0.05) is 19.2 Å². The smallest absolute Gasteiger partial charge is 0.471 e. The number of benzene rings is 1. The van der Waals surface area contributed by atoms with Gasteiger partial charge < -0.3 is 24.1 Å². The number of halogens is 3. The van der Waals surface area contributed by atoms with E-state index in [9.17, 15) is 32.3 Å². The molecule has 1 aromatic heterocycles. The van der Waals surface area contributed by atoms with Crippen LogP contribution in [-0.2, 0) is 14.3 Å². The molecule has 2 aromatic rings. The molecule has 14 heteroatoms. The zero-order chi connectivity index (χ0) is 28.8. The van der Waals surface area contributed by atoms with E-state index < -0.39 is 60.0 Å². The maximum Gasteiger partial charge on any atom is 0.471 e. The third-order valence-corrected chi connectivity index (χ3v) is 6.79. The van der Waals surface area contributed by atoms with Gasteiger partial charge in [-0.05, 0) is 52.5 Å². The number of ether oxygens (including phenoxy) is 3. The number of rotatable bonds is 3. The largest absolute Gasteiger partial charge is 0.493 e. The lowest BCUT2D eigenvalue weighted by Gasteiger charge is -2.51. The van der Waals surface area contributed by atoms with Crippen molar-refractivity contribution in [1.29, 1.82) is 0 Å². The summed E-state index contributed by atoms with van der Waals surface area (Å²) in [6, 6.07) is 2.98. The number of fused-ring (bicyclic) bond motifs is 1. The predicted molar refractivity (Wildman–Crippen MR) is 130 cm³/mol. The summed E-state index contributed by atoms with van der Waals surface area (Å²) < 4.78 is 57.2. The van der Waals surface area contributed by atoms with Crippen molar-refractivity contribution in [3.05, 3.63) is 28.8 Å². The van der Waals surface area contributed by atoms with Gasteiger partial charge in [0.2, 0.25) is 0 Å². The number of aromatic amines is 1. The zero-order valence-electron chi connectivity index (χ0n) is 21.9. The van der Waals surface area contributed by atoms with Crippen molar-refractivity contribution in [3.8, 4) is 11.5 Å². The standard InChI is InChI=1S/C25H29F3N4O7/c1-23(2,3)39-22(36)31-9-10-32(21(35)25(26,27)28)24(20(31)34)7-5-14(6-8-24)38-18-11-15-16(12-17(18)37-4)29-13-30-19(15)33/h11-14H,5-10H2,1-4H3,(H,29,30,33)/t14-,24-. The Morgan fingerprint density at radius 2 is 1.74 bits per heavy atom. The van der Waals surface area contributed by atoms with Gasteiger partial charge in [-0.1, -0.05) is 0 Å². The van der Waals surface area contributed by atoms with Crippen LogP contribution in [0.15, 0.2) is 23.3 Å². The number of piperazine rings is 1.